The second-order valence-electron chi connectivity index (χ2n) is 9.62. The topological polar surface area (TPSA) is 122 Å². The third-order valence-corrected chi connectivity index (χ3v) is 8.98. The molecule has 16 heteroatoms. The van der Waals surface area contributed by atoms with Crippen molar-refractivity contribution in [2.45, 2.75) is 30.7 Å². The predicted molar refractivity (Wildman–Crippen MR) is 133 cm³/mol. The van der Waals surface area contributed by atoms with Crippen molar-refractivity contribution in [3.63, 3.8) is 0 Å². The minimum Gasteiger partial charge on any atom is -0.377 e. The van der Waals surface area contributed by atoms with Crippen LogP contribution in [0.3, 0.4) is 0 Å². The lowest BCUT2D eigenvalue weighted by atomic mass is 10.0. The first kappa shape index (κ1) is 26.8. The van der Waals surface area contributed by atoms with E-state index in [9.17, 15) is 26.4 Å². The van der Waals surface area contributed by atoms with Gasteiger partial charge in [-0.3, -0.25) is 9.20 Å². The molecule has 0 spiro atoms. The first-order chi connectivity index (χ1) is 18.0. The number of fused-ring (bicyclic) bond motifs is 1. The highest BCUT2D eigenvalue weighted by atomic mass is 32.2. The summed E-state index contributed by atoms with van der Waals surface area (Å²) in [5.74, 6) is 0.0318. The van der Waals surface area contributed by atoms with Gasteiger partial charge in [-0.1, -0.05) is 25.2 Å². The molecule has 2 aliphatic heterocycles. The van der Waals surface area contributed by atoms with Crippen LogP contribution in [0.15, 0.2) is 23.4 Å². The predicted octanol–water partition coefficient (Wildman–Crippen LogP) is 2.11. The number of hydrogen-bond acceptors (Lipinski definition) is 9. The molecule has 0 radical (unpaired) electrons. The van der Waals surface area contributed by atoms with Gasteiger partial charge < -0.3 is 14.5 Å². The van der Waals surface area contributed by atoms with E-state index in [4.69, 9.17) is 4.74 Å². The van der Waals surface area contributed by atoms with E-state index in [1.807, 2.05) is 18.7 Å². The molecule has 5 heterocycles. The Labute approximate surface area is 220 Å². The Bertz CT molecular complexity index is 1440. The van der Waals surface area contributed by atoms with E-state index in [1.165, 1.54) is 22.9 Å². The van der Waals surface area contributed by atoms with Crippen molar-refractivity contribution in [1.29, 1.82) is 0 Å². The molecule has 2 fully saturated rings. The maximum Gasteiger partial charge on any atom is 0.291 e. The van der Waals surface area contributed by atoms with Gasteiger partial charge in [0.05, 0.1) is 30.6 Å². The van der Waals surface area contributed by atoms with Crippen LogP contribution in [0.1, 0.15) is 25.3 Å². The molecule has 1 N–H and O–H groups in total. The van der Waals surface area contributed by atoms with Crippen LogP contribution in [0.5, 0.6) is 0 Å². The Kier molecular flexibility index (Phi) is 7.08. The molecule has 0 unspecified atom stereocenters. The van der Waals surface area contributed by atoms with Gasteiger partial charge in [0.15, 0.2) is 15.8 Å². The molecule has 11 nitrogen and oxygen atoms in total. The SMILES string of the molecule is CC(C)C(=O)N1CCN(c2cc(S(=O)(=O)NC3(CF)COC3)cn3c(-c4nnc(C(F)F)s4)ncc23)CC1. The fraction of sp³-hybridized carbons (Fsp3) is 0.545. The van der Waals surface area contributed by atoms with Gasteiger partial charge in [0.2, 0.25) is 15.9 Å². The number of nitrogens with zero attached hydrogens (tertiary/aromatic N) is 6. The van der Waals surface area contributed by atoms with Crippen molar-refractivity contribution in [2.24, 2.45) is 5.92 Å². The van der Waals surface area contributed by atoms with Crippen LogP contribution in [-0.4, -0.2) is 90.4 Å². The van der Waals surface area contributed by atoms with Crippen molar-refractivity contribution < 1.29 is 31.1 Å². The standard InChI is InChI=1S/C22H26F3N7O4S2/c1-13(2)21(33)31-5-3-30(4-6-31)15-7-14(38(34,35)29-22(10-23)11-36-12-22)9-32-16(15)8-26-18(32)20-28-27-19(37-20)17(24)25/h7-9,13,17,29H,3-6,10-12H2,1-2H3. The van der Waals surface area contributed by atoms with Gasteiger partial charge >= 0.3 is 0 Å². The highest BCUT2D eigenvalue weighted by Crippen LogP contribution is 2.34. The van der Waals surface area contributed by atoms with Gasteiger partial charge in [-0.2, -0.15) is 4.72 Å². The lowest BCUT2D eigenvalue weighted by Gasteiger charge is -2.39. The first-order valence-electron chi connectivity index (χ1n) is 11.9. The number of carbonyl (C=O) groups excluding carboxylic acids is 1. The van der Waals surface area contributed by atoms with Gasteiger partial charge in [0.25, 0.3) is 6.43 Å². The molecular formula is C22H26F3N7O4S2. The quantitative estimate of drug-likeness (QED) is 0.435. The van der Waals surface area contributed by atoms with Gasteiger partial charge in [0, 0.05) is 38.3 Å². The fourth-order valence-corrected chi connectivity index (χ4v) is 6.48. The summed E-state index contributed by atoms with van der Waals surface area (Å²) in [5.41, 5.74) is -0.315. The maximum absolute atomic E-state index is 13.7. The Morgan fingerprint density at radius 3 is 2.47 bits per heavy atom. The summed E-state index contributed by atoms with van der Waals surface area (Å²) in [6.45, 7) is 4.28. The smallest absolute Gasteiger partial charge is 0.291 e. The number of hydrogen-bond donors (Lipinski definition) is 1. The molecule has 2 aliphatic rings. The zero-order valence-electron chi connectivity index (χ0n) is 20.6. The molecule has 0 bridgehead atoms. The maximum atomic E-state index is 13.7. The van der Waals surface area contributed by atoms with Crippen LogP contribution >= 0.6 is 11.3 Å². The first-order valence-corrected chi connectivity index (χ1v) is 14.2. The average Bonchev–Trinajstić information content (AvgIpc) is 3.53. The van der Waals surface area contributed by atoms with E-state index >= 15 is 0 Å². The number of rotatable bonds is 8. The normalized spacial score (nSPS) is 18.0. The molecule has 0 saturated carbocycles. The van der Waals surface area contributed by atoms with Crippen LogP contribution < -0.4 is 9.62 Å². The largest absolute Gasteiger partial charge is 0.377 e. The van der Waals surface area contributed by atoms with Crippen molar-refractivity contribution in [3.05, 3.63) is 23.5 Å². The minimum absolute atomic E-state index is 0.0345. The fourth-order valence-electron chi connectivity index (χ4n) is 4.41. The van der Waals surface area contributed by atoms with Gasteiger partial charge in [-0.25, -0.2) is 26.6 Å². The van der Waals surface area contributed by atoms with Gasteiger partial charge in [-0.05, 0) is 6.07 Å². The molecular weight excluding hydrogens is 547 g/mol. The van der Waals surface area contributed by atoms with Crippen LogP contribution in [0.4, 0.5) is 18.9 Å². The van der Waals surface area contributed by atoms with E-state index in [2.05, 4.69) is 19.9 Å². The van der Waals surface area contributed by atoms with Gasteiger partial charge in [0.1, 0.15) is 17.1 Å². The summed E-state index contributed by atoms with van der Waals surface area (Å²) in [6, 6.07) is 1.47. The van der Waals surface area contributed by atoms with Crippen LogP contribution in [0, 0.1) is 5.92 Å². The van der Waals surface area contributed by atoms with Crippen LogP contribution in [0.2, 0.25) is 0 Å². The number of aromatic nitrogens is 4. The molecule has 5 rings (SSSR count). The lowest BCUT2D eigenvalue weighted by Crippen LogP contribution is -2.63. The lowest BCUT2D eigenvalue weighted by molar-refractivity contribution is -0.134. The third-order valence-electron chi connectivity index (χ3n) is 6.51. The summed E-state index contributed by atoms with van der Waals surface area (Å²) < 4.78 is 75.7. The number of nitrogens with one attached hydrogen (secondary N) is 1. The van der Waals surface area contributed by atoms with E-state index in [0.717, 1.165) is 0 Å². The van der Waals surface area contributed by atoms with Crippen LogP contribution in [-0.2, 0) is 19.6 Å². The minimum atomic E-state index is -4.23. The Balaban J connectivity index is 1.57. The zero-order chi connectivity index (χ0) is 27.2. The van der Waals surface area contributed by atoms with Crippen molar-refractivity contribution in [1.82, 2.24) is 29.2 Å². The van der Waals surface area contributed by atoms with Crippen molar-refractivity contribution in [2.75, 3.05) is 51.0 Å². The third kappa shape index (κ3) is 4.85. The summed E-state index contributed by atoms with van der Waals surface area (Å²) >= 11 is 0.656. The average molecular weight is 574 g/mol. The highest BCUT2D eigenvalue weighted by molar-refractivity contribution is 7.89. The second-order valence-corrected chi connectivity index (χ2v) is 12.3. The number of amides is 1. The molecule has 38 heavy (non-hydrogen) atoms. The van der Waals surface area contributed by atoms with Gasteiger partial charge in [-0.15, -0.1) is 10.2 Å². The number of alkyl halides is 3. The Morgan fingerprint density at radius 1 is 1.21 bits per heavy atom. The summed E-state index contributed by atoms with van der Waals surface area (Å²) in [5, 5.41) is 6.94. The highest BCUT2D eigenvalue weighted by Gasteiger charge is 2.43. The van der Waals surface area contributed by atoms with E-state index in [-0.39, 0.29) is 40.8 Å². The zero-order valence-corrected chi connectivity index (χ0v) is 22.2. The number of anilines is 1. The second kappa shape index (κ2) is 10.1. The summed E-state index contributed by atoms with van der Waals surface area (Å²) in [6.07, 6.45) is -0.00167. The monoisotopic (exact) mass is 573 g/mol. The molecule has 0 aliphatic carbocycles. The Hall–Kier alpha value is -2.82. The number of piperazine rings is 1. The number of carbonyl (C=O) groups is 1. The Morgan fingerprint density at radius 2 is 1.92 bits per heavy atom. The molecule has 0 aromatic carbocycles. The van der Waals surface area contributed by atoms with Crippen LogP contribution in [0.25, 0.3) is 16.3 Å². The van der Waals surface area contributed by atoms with Crippen molar-refractivity contribution >= 4 is 38.5 Å². The molecule has 0 atom stereocenters. The molecule has 3 aromatic heterocycles. The van der Waals surface area contributed by atoms with E-state index < -0.39 is 33.7 Å². The van der Waals surface area contributed by atoms with Crippen molar-refractivity contribution in [3.8, 4) is 10.8 Å². The number of ether oxygens (including phenoxy) is 1. The van der Waals surface area contributed by atoms with E-state index in [1.54, 1.807) is 4.90 Å². The van der Waals surface area contributed by atoms with E-state index in [0.29, 0.717) is 48.7 Å². The summed E-state index contributed by atoms with van der Waals surface area (Å²) in [7, 11) is -4.23. The number of sulfonamides is 1. The summed E-state index contributed by atoms with van der Waals surface area (Å²) in [4.78, 5) is 20.3. The number of halogens is 3. The number of pyridine rings is 1. The number of imidazole rings is 1. The molecule has 2 saturated heterocycles. The molecule has 3 aromatic rings. The molecule has 206 valence electrons. The molecule has 1 amide bonds.